The Labute approximate surface area is 147 Å². The minimum absolute atomic E-state index is 0.294. The molecule has 126 valence electrons. The molecule has 3 nitrogen and oxygen atoms in total. The zero-order valence-corrected chi connectivity index (χ0v) is 14.6. The van der Waals surface area contributed by atoms with Gasteiger partial charge >= 0.3 is 0 Å². The molecule has 0 aliphatic carbocycles. The lowest BCUT2D eigenvalue weighted by atomic mass is 9.89. The third-order valence-corrected chi connectivity index (χ3v) is 4.74. The number of rotatable bonds is 3. The average Bonchev–Trinajstić information content (AvgIpc) is 3.10. The minimum atomic E-state index is 0.294. The Morgan fingerprint density at radius 1 is 0.800 bits per heavy atom. The van der Waals surface area contributed by atoms with Gasteiger partial charge in [-0.1, -0.05) is 30.3 Å². The van der Waals surface area contributed by atoms with Gasteiger partial charge in [-0.3, -0.25) is 0 Å². The smallest absolute Gasteiger partial charge is 0.231 e. The molecule has 1 aliphatic heterocycles. The van der Waals surface area contributed by atoms with Gasteiger partial charge in [-0.05, 0) is 71.5 Å². The highest BCUT2D eigenvalue weighted by Gasteiger charge is 2.17. The Hall–Kier alpha value is -2.94. The van der Waals surface area contributed by atoms with E-state index in [1.807, 2.05) is 18.2 Å². The number of fused-ring (bicyclic) bond motifs is 1. The van der Waals surface area contributed by atoms with Crippen molar-refractivity contribution in [2.75, 3.05) is 13.9 Å². The van der Waals surface area contributed by atoms with Gasteiger partial charge in [0.05, 0.1) is 7.11 Å². The first-order valence-corrected chi connectivity index (χ1v) is 8.32. The van der Waals surface area contributed by atoms with E-state index in [-0.39, 0.29) is 0 Å². The molecule has 0 atom stereocenters. The van der Waals surface area contributed by atoms with Gasteiger partial charge in [0.2, 0.25) is 6.79 Å². The fraction of sp³-hybridized carbons (Fsp3) is 0.182. The first kappa shape index (κ1) is 15.6. The Balaban J connectivity index is 1.83. The van der Waals surface area contributed by atoms with Gasteiger partial charge in [0, 0.05) is 0 Å². The summed E-state index contributed by atoms with van der Waals surface area (Å²) in [6.07, 6.45) is 0. The van der Waals surface area contributed by atoms with Crippen LogP contribution in [0, 0.1) is 13.8 Å². The third kappa shape index (κ3) is 2.72. The van der Waals surface area contributed by atoms with Crippen LogP contribution < -0.4 is 14.2 Å². The van der Waals surface area contributed by atoms with Crippen molar-refractivity contribution in [1.82, 2.24) is 0 Å². The molecular weight excluding hydrogens is 312 g/mol. The van der Waals surface area contributed by atoms with E-state index in [9.17, 15) is 0 Å². The second-order valence-corrected chi connectivity index (χ2v) is 6.23. The number of hydrogen-bond acceptors (Lipinski definition) is 3. The summed E-state index contributed by atoms with van der Waals surface area (Å²) >= 11 is 0. The third-order valence-electron chi connectivity index (χ3n) is 4.74. The number of ether oxygens (including phenoxy) is 3. The van der Waals surface area contributed by atoms with Crippen LogP contribution in [0.1, 0.15) is 11.1 Å². The summed E-state index contributed by atoms with van der Waals surface area (Å²) in [5.74, 6) is 2.49. The van der Waals surface area contributed by atoms with Crippen LogP contribution in [-0.4, -0.2) is 13.9 Å². The Morgan fingerprint density at radius 2 is 1.52 bits per heavy atom. The molecule has 1 heterocycles. The first-order chi connectivity index (χ1) is 12.2. The number of hydrogen-bond donors (Lipinski definition) is 0. The fourth-order valence-electron chi connectivity index (χ4n) is 3.43. The summed E-state index contributed by atoms with van der Waals surface area (Å²) < 4.78 is 16.2. The fourth-order valence-corrected chi connectivity index (χ4v) is 3.43. The van der Waals surface area contributed by atoms with Gasteiger partial charge in [0.1, 0.15) is 5.75 Å². The van der Waals surface area contributed by atoms with Crippen LogP contribution in [0.3, 0.4) is 0 Å². The molecule has 3 aromatic carbocycles. The molecule has 25 heavy (non-hydrogen) atoms. The van der Waals surface area contributed by atoms with Crippen molar-refractivity contribution in [3.63, 3.8) is 0 Å². The largest absolute Gasteiger partial charge is 0.497 e. The van der Waals surface area contributed by atoms with Crippen molar-refractivity contribution in [2.45, 2.75) is 13.8 Å². The molecule has 0 aromatic heterocycles. The van der Waals surface area contributed by atoms with E-state index in [1.165, 1.54) is 27.8 Å². The van der Waals surface area contributed by atoms with Crippen LogP contribution in [0.15, 0.2) is 54.6 Å². The van der Waals surface area contributed by atoms with Crippen molar-refractivity contribution in [3.05, 3.63) is 65.7 Å². The highest BCUT2D eigenvalue weighted by atomic mass is 16.7. The molecule has 1 aliphatic rings. The van der Waals surface area contributed by atoms with E-state index < -0.39 is 0 Å². The minimum Gasteiger partial charge on any atom is -0.497 e. The number of benzene rings is 3. The Morgan fingerprint density at radius 3 is 2.28 bits per heavy atom. The van der Waals surface area contributed by atoms with E-state index in [0.29, 0.717) is 6.79 Å². The van der Waals surface area contributed by atoms with Crippen molar-refractivity contribution < 1.29 is 14.2 Å². The molecular formula is C22H20O3. The van der Waals surface area contributed by atoms with E-state index in [0.717, 1.165) is 22.8 Å². The summed E-state index contributed by atoms with van der Waals surface area (Å²) in [6.45, 7) is 4.61. The van der Waals surface area contributed by atoms with Crippen LogP contribution in [0.4, 0.5) is 0 Å². The SMILES string of the molecule is COc1ccc(-c2ccc(C)c(-c3ccc4c(c3)OCO4)c2C)cc1. The van der Waals surface area contributed by atoms with Crippen molar-refractivity contribution >= 4 is 0 Å². The van der Waals surface area contributed by atoms with Gasteiger partial charge in [-0.25, -0.2) is 0 Å². The van der Waals surface area contributed by atoms with Crippen molar-refractivity contribution in [2.24, 2.45) is 0 Å². The molecule has 3 aromatic rings. The summed E-state index contributed by atoms with van der Waals surface area (Å²) in [5, 5.41) is 0. The highest BCUT2D eigenvalue weighted by molar-refractivity contribution is 5.81. The second kappa shape index (κ2) is 6.17. The average molecular weight is 332 g/mol. The van der Waals surface area contributed by atoms with E-state index in [4.69, 9.17) is 14.2 Å². The van der Waals surface area contributed by atoms with Gasteiger partial charge in [0.15, 0.2) is 11.5 Å². The topological polar surface area (TPSA) is 27.7 Å². The van der Waals surface area contributed by atoms with E-state index in [1.54, 1.807) is 7.11 Å². The second-order valence-electron chi connectivity index (χ2n) is 6.23. The Bertz CT molecular complexity index is 927. The molecule has 0 saturated heterocycles. The molecule has 0 spiro atoms. The molecule has 0 N–H and O–H groups in total. The molecule has 4 rings (SSSR count). The maximum atomic E-state index is 5.54. The molecule has 0 fully saturated rings. The summed E-state index contributed by atoms with van der Waals surface area (Å²) in [5.41, 5.74) is 7.29. The van der Waals surface area contributed by atoms with Gasteiger partial charge in [0.25, 0.3) is 0 Å². The number of aryl methyl sites for hydroxylation is 1. The maximum absolute atomic E-state index is 5.54. The highest BCUT2D eigenvalue weighted by Crippen LogP contribution is 2.40. The van der Waals surface area contributed by atoms with Crippen LogP contribution in [-0.2, 0) is 0 Å². The van der Waals surface area contributed by atoms with Crippen LogP contribution in [0.2, 0.25) is 0 Å². The molecule has 0 amide bonds. The van der Waals surface area contributed by atoms with Gasteiger partial charge in [-0.15, -0.1) is 0 Å². The maximum Gasteiger partial charge on any atom is 0.231 e. The summed E-state index contributed by atoms with van der Waals surface area (Å²) in [7, 11) is 1.68. The van der Waals surface area contributed by atoms with Crippen LogP contribution in [0.25, 0.3) is 22.3 Å². The molecule has 0 unspecified atom stereocenters. The molecule has 0 bridgehead atoms. The van der Waals surface area contributed by atoms with E-state index >= 15 is 0 Å². The molecule has 0 saturated carbocycles. The summed E-state index contributed by atoms with van der Waals surface area (Å²) in [4.78, 5) is 0. The van der Waals surface area contributed by atoms with Crippen LogP contribution in [0.5, 0.6) is 17.2 Å². The van der Waals surface area contributed by atoms with Crippen LogP contribution >= 0.6 is 0 Å². The first-order valence-electron chi connectivity index (χ1n) is 8.32. The monoisotopic (exact) mass is 332 g/mol. The molecule has 3 heteroatoms. The normalized spacial score (nSPS) is 12.3. The van der Waals surface area contributed by atoms with Crippen molar-refractivity contribution in [1.29, 1.82) is 0 Å². The predicted molar refractivity (Wildman–Crippen MR) is 99.5 cm³/mol. The zero-order valence-electron chi connectivity index (χ0n) is 14.6. The van der Waals surface area contributed by atoms with Gasteiger partial charge in [-0.2, -0.15) is 0 Å². The quantitative estimate of drug-likeness (QED) is 0.645. The van der Waals surface area contributed by atoms with Crippen molar-refractivity contribution in [3.8, 4) is 39.5 Å². The number of methoxy groups -OCH3 is 1. The molecule has 0 radical (unpaired) electrons. The lowest BCUT2D eigenvalue weighted by molar-refractivity contribution is 0.174. The lowest BCUT2D eigenvalue weighted by Gasteiger charge is -2.16. The standard InChI is InChI=1S/C22H20O3/c1-14-4-10-19(16-5-8-18(23-3)9-6-16)15(2)22(14)17-7-11-20-21(12-17)25-13-24-20/h4-12H,13H2,1-3H3. The van der Waals surface area contributed by atoms with E-state index in [2.05, 4.69) is 50.2 Å². The Kier molecular flexibility index (Phi) is 3.85. The predicted octanol–water partition coefficient (Wildman–Crippen LogP) is 5.37. The van der Waals surface area contributed by atoms with Gasteiger partial charge < -0.3 is 14.2 Å². The lowest BCUT2D eigenvalue weighted by Crippen LogP contribution is -1.93. The summed E-state index contributed by atoms with van der Waals surface area (Å²) in [6, 6.07) is 18.7. The zero-order chi connectivity index (χ0) is 17.4.